The molecule has 0 saturated carbocycles. The molecule has 0 unspecified atom stereocenters. The molecule has 142 valence electrons. The standard InChI is InChI=1S/C23H16N2O4/c26-22(15-5-2-1-3-6-15)25-20-8-4-7-16-13-17(9-10-19(16)20)29-18-11-12-24-21(14-18)23(27)28/h1-14H,(H,25,26)(H,27,28). The van der Waals surface area contributed by atoms with Crippen LogP contribution in [0.1, 0.15) is 20.8 Å². The van der Waals surface area contributed by atoms with E-state index in [1.807, 2.05) is 48.5 Å². The zero-order valence-corrected chi connectivity index (χ0v) is 15.2. The largest absolute Gasteiger partial charge is 0.477 e. The lowest BCUT2D eigenvalue weighted by atomic mass is 10.1. The Morgan fingerprint density at radius 2 is 1.66 bits per heavy atom. The summed E-state index contributed by atoms with van der Waals surface area (Å²) in [4.78, 5) is 27.3. The van der Waals surface area contributed by atoms with Gasteiger partial charge in [-0.05, 0) is 47.9 Å². The number of amides is 1. The minimum Gasteiger partial charge on any atom is -0.477 e. The molecule has 4 aromatic rings. The molecule has 1 aromatic heterocycles. The van der Waals surface area contributed by atoms with Crippen LogP contribution in [-0.4, -0.2) is 22.0 Å². The number of nitrogens with one attached hydrogen (secondary N) is 1. The second-order valence-electron chi connectivity index (χ2n) is 6.29. The van der Waals surface area contributed by atoms with Gasteiger partial charge in [0.1, 0.15) is 11.5 Å². The Bertz CT molecular complexity index is 1210. The van der Waals surface area contributed by atoms with E-state index in [1.54, 1.807) is 24.3 Å². The molecule has 0 aliphatic rings. The minimum atomic E-state index is -1.12. The maximum atomic E-state index is 12.5. The molecule has 6 heteroatoms. The van der Waals surface area contributed by atoms with Gasteiger partial charge in [-0.2, -0.15) is 0 Å². The number of aromatic carboxylic acids is 1. The molecule has 0 saturated heterocycles. The molecule has 0 aliphatic heterocycles. The Morgan fingerprint density at radius 3 is 2.45 bits per heavy atom. The Kier molecular flexibility index (Phi) is 4.90. The number of carboxylic acid groups (broad SMARTS) is 1. The van der Waals surface area contributed by atoms with Gasteiger partial charge in [-0.3, -0.25) is 4.79 Å². The molecule has 2 N–H and O–H groups in total. The quantitative estimate of drug-likeness (QED) is 0.507. The highest BCUT2D eigenvalue weighted by molar-refractivity contribution is 6.09. The molecular weight excluding hydrogens is 368 g/mol. The lowest BCUT2D eigenvalue weighted by Crippen LogP contribution is -2.11. The van der Waals surface area contributed by atoms with Crippen LogP contribution >= 0.6 is 0 Å². The summed E-state index contributed by atoms with van der Waals surface area (Å²) in [6, 6.07) is 23.0. The summed E-state index contributed by atoms with van der Waals surface area (Å²) in [6.07, 6.45) is 1.39. The maximum absolute atomic E-state index is 12.5. The van der Waals surface area contributed by atoms with Crippen molar-refractivity contribution in [1.82, 2.24) is 4.98 Å². The van der Waals surface area contributed by atoms with Crippen LogP contribution in [0.4, 0.5) is 5.69 Å². The highest BCUT2D eigenvalue weighted by Crippen LogP contribution is 2.30. The van der Waals surface area contributed by atoms with Crippen molar-refractivity contribution in [3.63, 3.8) is 0 Å². The number of pyridine rings is 1. The molecule has 4 rings (SSSR count). The van der Waals surface area contributed by atoms with Crippen molar-refractivity contribution in [3.05, 3.63) is 96.3 Å². The molecular formula is C23H16N2O4. The van der Waals surface area contributed by atoms with Crippen molar-refractivity contribution in [3.8, 4) is 11.5 Å². The number of anilines is 1. The van der Waals surface area contributed by atoms with Gasteiger partial charge in [0.15, 0.2) is 5.69 Å². The third-order valence-corrected chi connectivity index (χ3v) is 4.32. The SMILES string of the molecule is O=C(Nc1cccc2cc(Oc3ccnc(C(=O)O)c3)ccc12)c1ccccc1. The van der Waals surface area contributed by atoms with Gasteiger partial charge < -0.3 is 15.2 Å². The van der Waals surface area contributed by atoms with Gasteiger partial charge in [0.2, 0.25) is 0 Å². The molecule has 29 heavy (non-hydrogen) atoms. The van der Waals surface area contributed by atoms with Crippen LogP contribution < -0.4 is 10.1 Å². The van der Waals surface area contributed by atoms with Crippen LogP contribution in [0.15, 0.2) is 85.1 Å². The predicted octanol–water partition coefficient (Wildman–Crippen LogP) is 4.98. The van der Waals surface area contributed by atoms with Gasteiger partial charge in [-0.1, -0.05) is 30.3 Å². The number of aromatic nitrogens is 1. The number of fused-ring (bicyclic) bond motifs is 1. The number of carboxylic acids is 1. The van der Waals surface area contributed by atoms with Gasteiger partial charge in [-0.15, -0.1) is 0 Å². The zero-order valence-electron chi connectivity index (χ0n) is 15.2. The van der Waals surface area contributed by atoms with Crippen molar-refractivity contribution >= 4 is 28.3 Å². The molecule has 0 radical (unpaired) electrons. The fourth-order valence-electron chi connectivity index (χ4n) is 2.95. The lowest BCUT2D eigenvalue weighted by Gasteiger charge is -2.11. The van der Waals surface area contributed by atoms with Crippen LogP contribution in [0.2, 0.25) is 0 Å². The molecule has 0 spiro atoms. The number of rotatable bonds is 5. The van der Waals surface area contributed by atoms with Crippen LogP contribution in [0.5, 0.6) is 11.5 Å². The Balaban J connectivity index is 1.60. The number of carbonyl (C=O) groups excluding carboxylic acids is 1. The van der Waals surface area contributed by atoms with Crippen LogP contribution in [0.25, 0.3) is 10.8 Å². The second kappa shape index (κ2) is 7.82. The number of carbonyl (C=O) groups is 2. The molecule has 0 bridgehead atoms. The van der Waals surface area contributed by atoms with E-state index in [0.717, 1.165) is 10.8 Å². The van der Waals surface area contributed by atoms with Crippen molar-refractivity contribution in [1.29, 1.82) is 0 Å². The number of hydrogen-bond donors (Lipinski definition) is 2. The molecule has 0 fully saturated rings. The normalized spacial score (nSPS) is 10.5. The third-order valence-electron chi connectivity index (χ3n) is 4.32. The summed E-state index contributed by atoms with van der Waals surface area (Å²) in [5.41, 5.74) is 1.19. The van der Waals surface area contributed by atoms with Crippen molar-refractivity contribution < 1.29 is 19.4 Å². The molecule has 1 heterocycles. The number of benzene rings is 3. The summed E-state index contributed by atoms with van der Waals surface area (Å²) < 4.78 is 5.78. The van der Waals surface area contributed by atoms with E-state index in [-0.39, 0.29) is 11.6 Å². The average molecular weight is 384 g/mol. The Morgan fingerprint density at radius 1 is 0.862 bits per heavy atom. The second-order valence-corrected chi connectivity index (χ2v) is 6.29. The number of hydrogen-bond acceptors (Lipinski definition) is 4. The van der Waals surface area contributed by atoms with Gasteiger partial charge in [0.25, 0.3) is 5.91 Å². The minimum absolute atomic E-state index is 0.0887. The molecule has 0 atom stereocenters. The fourth-order valence-corrected chi connectivity index (χ4v) is 2.95. The van der Waals surface area contributed by atoms with E-state index >= 15 is 0 Å². The number of nitrogens with zero attached hydrogens (tertiary/aromatic N) is 1. The topological polar surface area (TPSA) is 88.5 Å². The summed E-state index contributed by atoms with van der Waals surface area (Å²) >= 11 is 0. The van der Waals surface area contributed by atoms with E-state index < -0.39 is 5.97 Å². The molecule has 0 aliphatic carbocycles. The highest BCUT2D eigenvalue weighted by Gasteiger charge is 2.10. The van der Waals surface area contributed by atoms with Gasteiger partial charge in [0.05, 0.1) is 0 Å². The molecule has 3 aromatic carbocycles. The van der Waals surface area contributed by atoms with Crippen molar-refractivity contribution in [2.45, 2.75) is 0 Å². The highest BCUT2D eigenvalue weighted by atomic mass is 16.5. The van der Waals surface area contributed by atoms with E-state index in [9.17, 15) is 9.59 Å². The summed E-state index contributed by atoms with van der Waals surface area (Å²) in [5, 5.41) is 13.7. The molecule has 6 nitrogen and oxygen atoms in total. The predicted molar refractivity (Wildman–Crippen MR) is 110 cm³/mol. The van der Waals surface area contributed by atoms with E-state index in [4.69, 9.17) is 9.84 Å². The van der Waals surface area contributed by atoms with Crippen LogP contribution in [-0.2, 0) is 0 Å². The van der Waals surface area contributed by atoms with Gasteiger partial charge in [0, 0.05) is 28.9 Å². The lowest BCUT2D eigenvalue weighted by molar-refractivity contribution is 0.0690. The summed E-state index contributed by atoms with van der Waals surface area (Å²) in [7, 11) is 0. The van der Waals surface area contributed by atoms with Crippen molar-refractivity contribution in [2.24, 2.45) is 0 Å². The molecule has 1 amide bonds. The first kappa shape index (κ1) is 18.2. The monoisotopic (exact) mass is 384 g/mol. The zero-order chi connectivity index (χ0) is 20.2. The van der Waals surface area contributed by atoms with Crippen molar-refractivity contribution in [2.75, 3.05) is 5.32 Å². The van der Waals surface area contributed by atoms with E-state index in [0.29, 0.717) is 22.7 Å². The maximum Gasteiger partial charge on any atom is 0.354 e. The first-order chi connectivity index (χ1) is 14.1. The third kappa shape index (κ3) is 4.06. The first-order valence-electron chi connectivity index (χ1n) is 8.86. The first-order valence-corrected chi connectivity index (χ1v) is 8.86. The van der Waals surface area contributed by atoms with Gasteiger partial charge >= 0.3 is 5.97 Å². The summed E-state index contributed by atoms with van der Waals surface area (Å²) in [5.74, 6) is -0.374. The van der Waals surface area contributed by atoms with Crippen LogP contribution in [0, 0.1) is 0 Å². The number of ether oxygens (including phenoxy) is 1. The summed E-state index contributed by atoms with van der Waals surface area (Å²) in [6.45, 7) is 0. The Labute approximate surface area is 166 Å². The smallest absolute Gasteiger partial charge is 0.354 e. The fraction of sp³-hybridized carbons (Fsp3) is 0. The van der Waals surface area contributed by atoms with Gasteiger partial charge in [-0.25, -0.2) is 9.78 Å². The average Bonchev–Trinajstić information content (AvgIpc) is 2.74. The van der Waals surface area contributed by atoms with E-state index in [2.05, 4.69) is 10.3 Å². The van der Waals surface area contributed by atoms with E-state index in [1.165, 1.54) is 12.3 Å². The van der Waals surface area contributed by atoms with Crippen LogP contribution in [0.3, 0.4) is 0 Å². The Hall–Kier alpha value is -4.19.